The second-order valence-electron chi connectivity index (χ2n) is 4.73. The molecule has 0 radical (unpaired) electrons. The summed E-state index contributed by atoms with van der Waals surface area (Å²) in [5, 5.41) is 2.33. The van der Waals surface area contributed by atoms with Crippen molar-refractivity contribution in [3.8, 4) is 0 Å². The fourth-order valence-electron chi connectivity index (χ4n) is 1.76. The lowest BCUT2D eigenvalue weighted by molar-refractivity contribution is -0.124. The monoisotopic (exact) mass is 357 g/mol. The van der Waals surface area contributed by atoms with Crippen molar-refractivity contribution in [3.05, 3.63) is 70.0 Å². The molecule has 8 heteroatoms. The van der Waals surface area contributed by atoms with Crippen LogP contribution in [0, 0.1) is 17.5 Å². The molecule has 2 aromatic carbocycles. The lowest BCUT2D eigenvalue weighted by Gasteiger charge is -2.08. The average Bonchev–Trinajstić information content (AvgIpc) is 2.56. The van der Waals surface area contributed by atoms with Crippen LogP contribution < -0.4 is 5.32 Å². The average molecular weight is 358 g/mol. The third-order valence-electron chi connectivity index (χ3n) is 2.96. The summed E-state index contributed by atoms with van der Waals surface area (Å²) in [6.07, 6.45) is 0. The van der Waals surface area contributed by atoms with E-state index in [4.69, 9.17) is 11.6 Å². The Kier molecular flexibility index (Phi) is 5.81. The van der Waals surface area contributed by atoms with Gasteiger partial charge in [0.25, 0.3) is 5.91 Å². The molecule has 0 unspecified atom stereocenters. The smallest absolute Gasteiger partial charge is 0.341 e. The minimum absolute atomic E-state index is 0.0325. The molecule has 0 heterocycles. The Balaban J connectivity index is 1.85. The molecule has 0 atom stereocenters. The van der Waals surface area contributed by atoms with Crippen molar-refractivity contribution >= 4 is 23.5 Å². The predicted molar refractivity (Wildman–Crippen MR) is 79.9 cm³/mol. The first kappa shape index (κ1) is 17.8. The highest BCUT2D eigenvalue weighted by molar-refractivity contribution is 6.30. The van der Waals surface area contributed by atoms with Crippen LogP contribution in [0.2, 0.25) is 5.02 Å². The molecule has 0 fully saturated rings. The van der Waals surface area contributed by atoms with Gasteiger partial charge in [0.05, 0.1) is 10.6 Å². The number of carbonyl (C=O) groups excluding carboxylic acids is 2. The number of esters is 1. The first-order valence-corrected chi connectivity index (χ1v) is 7.07. The zero-order valence-corrected chi connectivity index (χ0v) is 12.9. The maximum atomic E-state index is 13.4. The van der Waals surface area contributed by atoms with E-state index in [9.17, 15) is 22.8 Å². The van der Waals surface area contributed by atoms with Crippen LogP contribution in [0.15, 0.2) is 36.4 Å². The molecule has 0 aliphatic rings. The van der Waals surface area contributed by atoms with E-state index in [-0.39, 0.29) is 11.6 Å². The zero-order chi connectivity index (χ0) is 17.7. The van der Waals surface area contributed by atoms with Gasteiger partial charge in [0, 0.05) is 6.54 Å². The molecular weight excluding hydrogens is 347 g/mol. The van der Waals surface area contributed by atoms with E-state index in [0.29, 0.717) is 11.6 Å². The van der Waals surface area contributed by atoms with E-state index in [2.05, 4.69) is 10.1 Å². The minimum atomic E-state index is -1.16. The van der Waals surface area contributed by atoms with Crippen molar-refractivity contribution in [2.24, 2.45) is 0 Å². The van der Waals surface area contributed by atoms with Crippen LogP contribution in [0.3, 0.4) is 0 Å². The number of halogens is 4. The molecule has 0 bridgehead atoms. The van der Waals surface area contributed by atoms with Crippen molar-refractivity contribution in [1.29, 1.82) is 0 Å². The van der Waals surface area contributed by atoms with Gasteiger partial charge in [0.15, 0.2) is 6.61 Å². The highest BCUT2D eigenvalue weighted by Crippen LogP contribution is 2.15. The van der Waals surface area contributed by atoms with Crippen LogP contribution in [-0.4, -0.2) is 18.5 Å². The number of nitrogens with one attached hydrogen (secondary N) is 1. The van der Waals surface area contributed by atoms with Crippen LogP contribution in [-0.2, 0) is 16.1 Å². The molecule has 0 aromatic heterocycles. The summed E-state index contributed by atoms with van der Waals surface area (Å²) in [5.41, 5.74) is -0.0645. The molecule has 2 rings (SSSR count). The highest BCUT2D eigenvalue weighted by Gasteiger charge is 2.15. The Morgan fingerprint density at radius 2 is 1.75 bits per heavy atom. The maximum Gasteiger partial charge on any atom is 0.341 e. The molecule has 0 saturated heterocycles. The molecule has 0 saturated carbocycles. The largest absolute Gasteiger partial charge is 0.452 e. The lowest BCUT2D eigenvalue weighted by atomic mass is 10.2. The molecule has 0 aliphatic carbocycles. The van der Waals surface area contributed by atoms with Gasteiger partial charge in [-0.3, -0.25) is 4.79 Å². The predicted octanol–water partition coefficient (Wildman–Crippen LogP) is 3.23. The number of carbonyl (C=O) groups is 2. The van der Waals surface area contributed by atoms with E-state index in [1.165, 1.54) is 12.1 Å². The van der Waals surface area contributed by atoms with Crippen molar-refractivity contribution < 1.29 is 27.5 Å². The highest BCUT2D eigenvalue weighted by atomic mass is 35.5. The number of rotatable bonds is 5. The fraction of sp³-hybridized carbons (Fsp3) is 0.125. The van der Waals surface area contributed by atoms with Crippen LogP contribution in [0.25, 0.3) is 0 Å². The minimum Gasteiger partial charge on any atom is -0.452 e. The van der Waals surface area contributed by atoms with Gasteiger partial charge in [-0.2, -0.15) is 0 Å². The number of hydrogen-bond donors (Lipinski definition) is 1. The van der Waals surface area contributed by atoms with Crippen molar-refractivity contribution in [3.63, 3.8) is 0 Å². The summed E-state index contributed by atoms with van der Waals surface area (Å²) in [6, 6.07) is 6.23. The fourth-order valence-corrected chi connectivity index (χ4v) is 1.97. The second-order valence-corrected chi connectivity index (χ2v) is 5.13. The summed E-state index contributed by atoms with van der Waals surface area (Å²) in [5.74, 6) is -4.17. The van der Waals surface area contributed by atoms with Gasteiger partial charge in [-0.1, -0.05) is 17.7 Å². The quantitative estimate of drug-likeness (QED) is 0.836. The molecule has 4 nitrogen and oxygen atoms in total. The molecular formula is C16H11ClF3NO3. The second kappa shape index (κ2) is 7.83. The van der Waals surface area contributed by atoms with E-state index >= 15 is 0 Å². The van der Waals surface area contributed by atoms with Crippen molar-refractivity contribution in [1.82, 2.24) is 5.32 Å². The zero-order valence-electron chi connectivity index (χ0n) is 12.1. The van der Waals surface area contributed by atoms with E-state index in [1.807, 2.05) is 0 Å². The van der Waals surface area contributed by atoms with E-state index < -0.39 is 41.5 Å². The van der Waals surface area contributed by atoms with Gasteiger partial charge >= 0.3 is 5.97 Å². The van der Waals surface area contributed by atoms with Crippen LogP contribution in [0.1, 0.15) is 15.9 Å². The summed E-state index contributed by atoms with van der Waals surface area (Å²) < 4.78 is 44.0. The summed E-state index contributed by atoms with van der Waals surface area (Å²) in [6.45, 7) is -0.644. The Morgan fingerprint density at radius 3 is 2.46 bits per heavy atom. The Hall–Kier alpha value is -2.54. The topological polar surface area (TPSA) is 55.4 Å². The normalized spacial score (nSPS) is 10.3. The third-order valence-corrected chi connectivity index (χ3v) is 3.25. The van der Waals surface area contributed by atoms with Gasteiger partial charge in [-0.15, -0.1) is 0 Å². The maximum absolute atomic E-state index is 13.4. The molecule has 0 aliphatic heterocycles. The van der Waals surface area contributed by atoms with Crippen molar-refractivity contribution in [2.75, 3.05) is 6.61 Å². The summed E-state index contributed by atoms with van der Waals surface area (Å²) >= 11 is 5.60. The van der Waals surface area contributed by atoms with Crippen LogP contribution >= 0.6 is 11.6 Å². The van der Waals surface area contributed by atoms with Gasteiger partial charge < -0.3 is 10.1 Å². The number of amides is 1. The molecule has 1 N–H and O–H groups in total. The van der Waals surface area contributed by atoms with Gasteiger partial charge in [0.1, 0.15) is 17.5 Å². The third kappa shape index (κ3) is 4.73. The van der Waals surface area contributed by atoms with Gasteiger partial charge in [0.2, 0.25) is 0 Å². The number of benzene rings is 2. The van der Waals surface area contributed by atoms with Crippen LogP contribution in [0.5, 0.6) is 0 Å². The summed E-state index contributed by atoms with van der Waals surface area (Å²) in [7, 11) is 0. The molecule has 0 spiro atoms. The van der Waals surface area contributed by atoms with Crippen molar-refractivity contribution in [2.45, 2.75) is 6.54 Å². The van der Waals surface area contributed by atoms with Crippen LogP contribution in [0.4, 0.5) is 13.2 Å². The van der Waals surface area contributed by atoms with E-state index in [1.54, 1.807) is 0 Å². The number of hydrogen-bond acceptors (Lipinski definition) is 3. The summed E-state index contributed by atoms with van der Waals surface area (Å²) in [4.78, 5) is 23.2. The standard InChI is InChI=1S/C16H11ClF3NO3/c17-12-5-9(1-3-14(12)20)7-21-15(22)8-24-16(23)11-6-10(18)2-4-13(11)19/h1-6H,7-8H2,(H,21,22). The SMILES string of the molecule is O=C(COC(=O)c1cc(F)ccc1F)NCc1ccc(F)c(Cl)c1. The lowest BCUT2D eigenvalue weighted by Crippen LogP contribution is -2.28. The Morgan fingerprint density at radius 1 is 1.04 bits per heavy atom. The molecule has 1 amide bonds. The Bertz CT molecular complexity index is 783. The number of ether oxygens (including phenoxy) is 1. The molecule has 24 heavy (non-hydrogen) atoms. The first-order chi connectivity index (χ1) is 11.4. The van der Waals surface area contributed by atoms with Gasteiger partial charge in [-0.05, 0) is 35.9 Å². The molecule has 2 aromatic rings. The molecule has 126 valence electrons. The van der Waals surface area contributed by atoms with E-state index in [0.717, 1.165) is 18.2 Å². The Labute approximate surface area is 140 Å². The first-order valence-electron chi connectivity index (χ1n) is 6.69. The van der Waals surface area contributed by atoms with Gasteiger partial charge in [-0.25, -0.2) is 18.0 Å².